The van der Waals surface area contributed by atoms with Crippen LogP contribution in [0, 0.1) is 0 Å². The van der Waals surface area contributed by atoms with Crippen LogP contribution in [-0.2, 0) is 40.1 Å². The highest BCUT2D eigenvalue weighted by Crippen LogP contribution is 2.31. The average Bonchev–Trinajstić information content (AvgIpc) is 2.72. The van der Waals surface area contributed by atoms with Crippen molar-refractivity contribution in [1.82, 2.24) is 0 Å². The molecule has 0 saturated heterocycles. The van der Waals surface area contributed by atoms with Crippen molar-refractivity contribution in [3.8, 4) is 0 Å². The van der Waals surface area contributed by atoms with E-state index in [4.69, 9.17) is 40.1 Å². The molecule has 0 aromatic carbocycles. The minimum absolute atomic E-state index is 0.0275. The van der Waals surface area contributed by atoms with Crippen LogP contribution in [0.2, 0.25) is 77.6 Å². The van der Waals surface area contributed by atoms with Crippen molar-refractivity contribution in [3.05, 3.63) is 0 Å². The average molecular weight is 647 g/mol. The van der Waals surface area contributed by atoms with Gasteiger partial charge in [-0.2, -0.15) is 0 Å². The topological polar surface area (TPSA) is 83.1 Å². The highest BCUT2D eigenvalue weighted by Gasteiger charge is 2.48. The third-order valence-electron chi connectivity index (χ3n) is 5.28. The summed E-state index contributed by atoms with van der Waals surface area (Å²) in [6.45, 7) is 28.3. The standard InChI is InChI=1S/C25H62O9Si5/c1-25(30-21-19-27-3)24-29-17-15-23-39(13,33-37(10,11)31-35(4,5)6)34-38(12,32-36(7,8)9)22-14-16-28-20-18-26-2/h25H,14-24H2,1-13H3. The van der Waals surface area contributed by atoms with Gasteiger partial charge in [-0.25, -0.2) is 0 Å². The Labute approximate surface area is 245 Å². The van der Waals surface area contributed by atoms with Gasteiger partial charge in [-0.05, 0) is 97.3 Å². The van der Waals surface area contributed by atoms with Crippen LogP contribution < -0.4 is 0 Å². The molecule has 3 atom stereocenters. The van der Waals surface area contributed by atoms with E-state index in [1.165, 1.54) is 0 Å². The zero-order chi connectivity index (χ0) is 30.2. The monoisotopic (exact) mass is 646 g/mol. The van der Waals surface area contributed by atoms with Crippen molar-refractivity contribution in [1.29, 1.82) is 0 Å². The maximum atomic E-state index is 7.14. The molecule has 0 aliphatic heterocycles. The second kappa shape index (κ2) is 19.1. The quantitative estimate of drug-likeness (QED) is 0.0866. The molecule has 0 aliphatic carbocycles. The summed E-state index contributed by atoms with van der Waals surface area (Å²) < 4.78 is 55.0. The fourth-order valence-corrected chi connectivity index (χ4v) is 28.2. The maximum Gasteiger partial charge on any atom is 0.317 e. The van der Waals surface area contributed by atoms with Gasteiger partial charge >= 0.3 is 25.7 Å². The molecule has 14 heteroatoms. The summed E-state index contributed by atoms with van der Waals surface area (Å²) >= 11 is 0. The van der Waals surface area contributed by atoms with E-state index in [2.05, 4.69) is 65.5 Å². The Hall–Kier alpha value is 0.724. The predicted molar refractivity (Wildman–Crippen MR) is 171 cm³/mol. The van der Waals surface area contributed by atoms with Gasteiger partial charge in [-0.15, -0.1) is 0 Å². The van der Waals surface area contributed by atoms with E-state index in [0.717, 1.165) is 24.9 Å². The minimum Gasteiger partial charge on any atom is -0.437 e. The molecule has 0 N–H and O–H groups in total. The predicted octanol–water partition coefficient (Wildman–Crippen LogP) is 6.08. The molecule has 236 valence electrons. The summed E-state index contributed by atoms with van der Waals surface area (Å²) in [5.41, 5.74) is 0. The molecule has 0 rings (SSSR count). The molecule has 0 spiro atoms. The molecule has 0 aromatic heterocycles. The molecule has 0 bridgehead atoms. The lowest BCUT2D eigenvalue weighted by Gasteiger charge is -2.44. The zero-order valence-corrected chi connectivity index (χ0v) is 32.5. The van der Waals surface area contributed by atoms with Gasteiger partial charge in [0.2, 0.25) is 0 Å². The number of hydrogen-bond acceptors (Lipinski definition) is 9. The lowest BCUT2D eigenvalue weighted by molar-refractivity contribution is -0.0236. The van der Waals surface area contributed by atoms with Gasteiger partial charge in [0, 0.05) is 27.4 Å². The first kappa shape index (κ1) is 39.7. The molecule has 3 unspecified atom stereocenters. The van der Waals surface area contributed by atoms with Crippen LogP contribution in [-0.4, -0.2) is 109 Å². The Kier molecular flexibility index (Phi) is 19.4. The highest BCUT2D eigenvalue weighted by molar-refractivity contribution is 6.90. The fourth-order valence-electron chi connectivity index (χ4n) is 4.49. The first-order valence-corrected chi connectivity index (χ1v) is 29.1. The van der Waals surface area contributed by atoms with Crippen molar-refractivity contribution in [2.45, 2.75) is 103 Å². The van der Waals surface area contributed by atoms with E-state index in [-0.39, 0.29) is 6.10 Å². The molecular formula is C25H62O9Si5. The Balaban J connectivity index is 5.47. The van der Waals surface area contributed by atoms with E-state index in [1.807, 2.05) is 6.92 Å². The third-order valence-corrected chi connectivity index (χ3v) is 23.5. The van der Waals surface area contributed by atoms with Crippen LogP contribution in [0.4, 0.5) is 0 Å². The first-order valence-electron chi connectivity index (χ1n) is 14.4. The van der Waals surface area contributed by atoms with E-state index in [0.29, 0.717) is 46.2 Å². The Bertz CT molecular complexity index is 634. The molecule has 0 amide bonds. The molecule has 9 nitrogen and oxygen atoms in total. The molecule has 0 saturated carbocycles. The van der Waals surface area contributed by atoms with Gasteiger partial charge in [0.15, 0.2) is 16.6 Å². The van der Waals surface area contributed by atoms with Gasteiger partial charge in [-0.3, -0.25) is 0 Å². The van der Waals surface area contributed by atoms with E-state index in [9.17, 15) is 0 Å². The Morgan fingerprint density at radius 1 is 0.513 bits per heavy atom. The van der Waals surface area contributed by atoms with E-state index >= 15 is 0 Å². The van der Waals surface area contributed by atoms with Crippen molar-refractivity contribution in [2.75, 3.05) is 60.5 Å². The summed E-state index contributed by atoms with van der Waals surface area (Å²) in [6, 6.07) is 1.68. The Morgan fingerprint density at radius 3 is 1.51 bits per heavy atom. The fraction of sp³-hybridized carbons (Fsp3) is 1.00. The molecule has 0 heterocycles. The lowest BCUT2D eigenvalue weighted by atomic mass is 10.4. The summed E-state index contributed by atoms with van der Waals surface area (Å²) in [6.07, 6.45) is 1.76. The van der Waals surface area contributed by atoms with Crippen LogP contribution in [0.1, 0.15) is 19.8 Å². The number of methoxy groups -OCH3 is 2. The number of hydrogen-bond donors (Lipinski definition) is 0. The number of ether oxygens (including phenoxy) is 5. The van der Waals surface area contributed by atoms with E-state index < -0.39 is 42.3 Å². The van der Waals surface area contributed by atoms with Gasteiger partial charge in [0.05, 0.1) is 39.1 Å². The summed E-state index contributed by atoms with van der Waals surface area (Å²) in [5, 5.41) is 0. The third kappa shape index (κ3) is 22.9. The van der Waals surface area contributed by atoms with Crippen LogP contribution >= 0.6 is 0 Å². The van der Waals surface area contributed by atoms with Crippen molar-refractivity contribution in [3.63, 3.8) is 0 Å². The summed E-state index contributed by atoms with van der Waals surface area (Å²) in [4.78, 5) is 0. The second-order valence-electron chi connectivity index (χ2n) is 12.9. The maximum absolute atomic E-state index is 7.14. The SMILES string of the molecule is COCCOCCC[Si](C)(O[Si](C)(C)C)O[Si](C)(CCCOCC(C)OCCOC)O[Si](C)(C)O[Si](C)(C)C. The van der Waals surface area contributed by atoms with Crippen LogP contribution in [0.3, 0.4) is 0 Å². The van der Waals surface area contributed by atoms with Gasteiger partial charge in [-0.1, -0.05) is 0 Å². The Morgan fingerprint density at radius 2 is 1.00 bits per heavy atom. The van der Waals surface area contributed by atoms with Crippen LogP contribution in [0.25, 0.3) is 0 Å². The lowest BCUT2D eigenvalue weighted by Crippen LogP contribution is -2.60. The molecule has 0 aromatic rings. The second-order valence-corrected chi connectivity index (χ2v) is 32.9. The van der Waals surface area contributed by atoms with E-state index in [1.54, 1.807) is 14.2 Å². The van der Waals surface area contributed by atoms with Crippen molar-refractivity contribution < 1.29 is 40.1 Å². The van der Waals surface area contributed by atoms with Crippen LogP contribution in [0.15, 0.2) is 0 Å². The summed E-state index contributed by atoms with van der Waals surface area (Å²) in [5.74, 6) is 0. The zero-order valence-electron chi connectivity index (χ0n) is 27.5. The molecule has 0 aliphatic rings. The van der Waals surface area contributed by atoms with Gasteiger partial charge in [0.25, 0.3) is 0 Å². The molecule has 0 radical (unpaired) electrons. The molecular weight excluding hydrogens is 585 g/mol. The largest absolute Gasteiger partial charge is 0.437 e. The van der Waals surface area contributed by atoms with Gasteiger partial charge < -0.3 is 40.1 Å². The van der Waals surface area contributed by atoms with Crippen LogP contribution in [0.5, 0.6) is 0 Å². The highest BCUT2D eigenvalue weighted by atomic mass is 28.5. The summed E-state index contributed by atoms with van der Waals surface area (Å²) in [7, 11) is -7.94. The van der Waals surface area contributed by atoms with Gasteiger partial charge in [0.1, 0.15) is 0 Å². The smallest absolute Gasteiger partial charge is 0.317 e. The first-order chi connectivity index (χ1) is 17.8. The van der Waals surface area contributed by atoms with Crippen molar-refractivity contribution >= 4 is 42.3 Å². The molecule has 39 heavy (non-hydrogen) atoms. The van der Waals surface area contributed by atoms with Crippen molar-refractivity contribution in [2.24, 2.45) is 0 Å². The number of rotatable bonds is 25. The normalized spacial score (nSPS) is 17.2. The molecule has 0 fully saturated rings. The minimum atomic E-state index is -2.67.